The van der Waals surface area contributed by atoms with Crippen LogP contribution in [0.3, 0.4) is 0 Å². The first-order chi connectivity index (χ1) is 8.40. The zero-order valence-electron chi connectivity index (χ0n) is 11.7. The molecule has 0 bridgehead atoms. The van der Waals surface area contributed by atoms with Crippen molar-refractivity contribution in [3.63, 3.8) is 0 Å². The molecule has 18 heavy (non-hydrogen) atoms. The Hall–Kier alpha value is -1.10. The Morgan fingerprint density at radius 1 is 1.44 bits per heavy atom. The van der Waals surface area contributed by atoms with E-state index in [0.29, 0.717) is 19.6 Å². The molecule has 1 aliphatic heterocycles. The molecule has 5 nitrogen and oxygen atoms in total. The van der Waals surface area contributed by atoms with Gasteiger partial charge < -0.3 is 14.4 Å². The van der Waals surface area contributed by atoms with Crippen molar-refractivity contribution in [1.82, 2.24) is 4.90 Å². The predicted octanol–water partition coefficient (Wildman–Crippen LogP) is 1.36. The maximum absolute atomic E-state index is 12.4. The smallest absolute Gasteiger partial charge is 0.325 e. The Morgan fingerprint density at radius 2 is 2.11 bits per heavy atom. The van der Waals surface area contributed by atoms with Crippen LogP contribution < -0.4 is 0 Å². The third-order valence-corrected chi connectivity index (χ3v) is 3.16. The molecule has 1 amide bonds. The van der Waals surface area contributed by atoms with Gasteiger partial charge >= 0.3 is 5.97 Å². The number of carbonyl (C=O) groups is 2. The van der Waals surface area contributed by atoms with Gasteiger partial charge in [-0.15, -0.1) is 0 Å². The second kappa shape index (κ2) is 6.18. The van der Waals surface area contributed by atoms with Gasteiger partial charge in [-0.1, -0.05) is 0 Å². The number of carbonyl (C=O) groups excluding carboxylic acids is 2. The molecule has 104 valence electrons. The first-order valence-electron chi connectivity index (χ1n) is 6.51. The summed E-state index contributed by atoms with van der Waals surface area (Å²) < 4.78 is 10.4. The summed E-state index contributed by atoms with van der Waals surface area (Å²) in [7, 11) is 0. The Kier molecular flexibility index (Phi) is 5.14. The molecule has 0 aromatic heterocycles. The van der Waals surface area contributed by atoms with E-state index in [2.05, 4.69) is 0 Å². The minimum absolute atomic E-state index is 0.0106. The molecule has 0 spiro atoms. The highest BCUT2D eigenvalue weighted by Crippen LogP contribution is 2.27. The van der Waals surface area contributed by atoms with Gasteiger partial charge in [0.2, 0.25) is 0 Å². The van der Waals surface area contributed by atoms with Crippen molar-refractivity contribution < 1.29 is 19.1 Å². The molecule has 1 saturated heterocycles. The topological polar surface area (TPSA) is 55.8 Å². The lowest BCUT2D eigenvalue weighted by Gasteiger charge is -2.33. The van der Waals surface area contributed by atoms with Gasteiger partial charge in [0.25, 0.3) is 5.91 Å². The first-order valence-corrected chi connectivity index (χ1v) is 6.51. The number of ether oxygens (including phenoxy) is 2. The second-order valence-electron chi connectivity index (χ2n) is 5.01. The molecule has 1 atom stereocenters. The van der Waals surface area contributed by atoms with E-state index in [9.17, 15) is 9.59 Å². The summed E-state index contributed by atoms with van der Waals surface area (Å²) in [5, 5.41) is 0. The summed E-state index contributed by atoms with van der Waals surface area (Å²) >= 11 is 0. The maximum atomic E-state index is 12.4. The number of amides is 1. The van der Waals surface area contributed by atoms with Crippen molar-refractivity contribution in [3.05, 3.63) is 0 Å². The molecule has 0 radical (unpaired) electrons. The molecular weight excluding hydrogens is 234 g/mol. The molecule has 1 heterocycles. The molecule has 1 unspecified atom stereocenters. The second-order valence-corrected chi connectivity index (χ2v) is 5.01. The fourth-order valence-corrected chi connectivity index (χ4v) is 2.09. The lowest BCUT2D eigenvalue weighted by Crippen LogP contribution is -2.51. The number of esters is 1. The molecule has 1 fully saturated rings. The van der Waals surface area contributed by atoms with E-state index in [1.54, 1.807) is 13.8 Å². The number of hydrogen-bond acceptors (Lipinski definition) is 4. The minimum atomic E-state index is -0.781. The fraction of sp³-hybridized carbons (Fsp3) is 0.846. The van der Waals surface area contributed by atoms with Gasteiger partial charge in [-0.25, -0.2) is 0 Å². The zero-order valence-corrected chi connectivity index (χ0v) is 11.7. The standard InChI is InChI=1S/C13H23NO4/c1-5-17-11(15)9-14(10(2)3)12(16)13(4)7-6-8-18-13/h10H,5-9H2,1-4H3. The van der Waals surface area contributed by atoms with Crippen molar-refractivity contribution in [2.24, 2.45) is 0 Å². The van der Waals surface area contributed by atoms with Crippen molar-refractivity contribution in [1.29, 1.82) is 0 Å². The van der Waals surface area contributed by atoms with E-state index in [1.165, 1.54) is 4.90 Å². The number of rotatable bonds is 5. The number of hydrogen-bond donors (Lipinski definition) is 0. The summed E-state index contributed by atoms with van der Waals surface area (Å²) in [6, 6.07) is -0.0528. The van der Waals surface area contributed by atoms with Crippen LogP contribution >= 0.6 is 0 Å². The largest absolute Gasteiger partial charge is 0.465 e. The Balaban J connectivity index is 2.72. The van der Waals surface area contributed by atoms with Gasteiger partial charge in [0.05, 0.1) is 6.61 Å². The van der Waals surface area contributed by atoms with Crippen LogP contribution in [0.15, 0.2) is 0 Å². The molecule has 0 saturated carbocycles. The quantitative estimate of drug-likeness (QED) is 0.698. The average molecular weight is 257 g/mol. The molecule has 0 aliphatic carbocycles. The third-order valence-electron chi connectivity index (χ3n) is 3.16. The van der Waals surface area contributed by atoms with Crippen molar-refractivity contribution >= 4 is 11.9 Å². The van der Waals surface area contributed by atoms with E-state index >= 15 is 0 Å². The van der Waals surface area contributed by atoms with Crippen molar-refractivity contribution in [3.8, 4) is 0 Å². The average Bonchev–Trinajstić information content (AvgIpc) is 2.73. The van der Waals surface area contributed by atoms with Crippen LogP contribution in [0.1, 0.15) is 40.5 Å². The highest BCUT2D eigenvalue weighted by Gasteiger charge is 2.41. The molecule has 0 aromatic rings. The van der Waals surface area contributed by atoms with Gasteiger partial charge in [0.1, 0.15) is 12.1 Å². The lowest BCUT2D eigenvalue weighted by molar-refractivity contribution is -0.159. The summed E-state index contributed by atoms with van der Waals surface area (Å²) in [4.78, 5) is 25.5. The zero-order chi connectivity index (χ0) is 13.8. The van der Waals surface area contributed by atoms with Crippen LogP contribution in [0.25, 0.3) is 0 Å². The minimum Gasteiger partial charge on any atom is -0.465 e. The van der Waals surface area contributed by atoms with Gasteiger partial charge in [-0.3, -0.25) is 9.59 Å². The van der Waals surface area contributed by atoms with Crippen LogP contribution in [-0.2, 0) is 19.1 Å². The molecular formula is C13H23NO4. The highest BCUT2D eigenvalue weighted by atomic mass is 16.5. The van der Waals surface area contributed by atoms with E-state index in [0.717, 1.165) is 6.42 Å². The predicted molar refractivity (Wildman–Crippen MR) is 67.1 cm³/mol. The monoisotopic (exact) mass is 257 g/mol. The SMILES string of the molecule is CCOC(=O)CN(C(=O)C1(C)CCCO1)C(C)C. The summed E-state index contributed by atoms with van der Waals surface area (Å²) in [5.41, 5.74) is -0.781. The summed E-state index contributed by atoms with van der Waals surface area (Å²) in [5.74, 6) is -0.496. The van der Waals surface area contributed by atoms with Gasteiger partial charge in [-0.05, 0) is 40.5 Å². The van der Waals surface area contributed by atoms with Gasteiger partial charge in [-0.2, -0.15) is 0 Å². The Bertz CT molecular complexity index is 308. The van der Waals surface area contributed by atoms with Crippen molar-refractivity contribution in [2.45, 2.75) is 52.2 Å². The maximum Gasteiger partial charge on any atom is 0.325 e. The first kappa shape index (κ1) is 15.0. The van der Waals surface area contributed by atoms with E-state index in [4.69, 9.17) is 9.47 Å². The molecule has 0 aromatic carbocycles. The molecule has 0 N–H and O–H groups in total. The molecule has 1 rings (SSSR count). The highest BCUT2D eigenvalue weighted by molar-refractivity contribution is 5.88. The van der Waals surface area contributed by atoms with Crippen LogP contribution in [0, 0.1) is 0 Å². The van der Waals surface area contributed by atoms with Crippen LogP contribution in [0.5, 0.6) is 0 Å². The van der Waals surface area contributed by atoms with Crippen LogP contribution in [0.4, 0.5) is 0 Å². The summed E-state index contributed by atoms with van der Waals surface area (Å²) in [6.45, 7) is 8.23. The van der Waals surface area contributed by atoms with Gasteiger partial charge in [0, 0.05) is 12.6 Å². The third kappa shape index (κ3) is 3.45. The van der Waals surface area contributed by atoms with Gasteiger partial charge in [0.15, 0.2) is 0 Å². The molecule has 1 aliphatic rings. The van der Waals surface area contributed by atoms with E-state index in [1.807, 2.05) is 13.8 Å². The number of nitrogens with zero attached hydrogens (tertiary/aromatic N) is 1. The van der Waals surface area contributed by atoms with Crippen LogP contribution in [0.2, 0.25) is 0 Å². The lowest BCUT2D eigenvalue weighted by atomic mass is 10.00. The Morgan fingerprint density at radius 3 is 2.56 bits per heavy atom. The normalized spacial score (nSPS) is 23.2. The fourth-order valence-electron chi connectivity index (χ4n) is 2.09. The van der Waals surface area contributed by atoms with Crippen molar-refractivity contribution in [2.75, 3.05) is 19.8 Å². The van der Waals surface area contributed by atoms with Crippen LogP contribution in [-0.4, -0.2) is 48.2 Å². The van der Waals surface area contributed by atoms with E-state index in [-0.39, 0.29) is 24.5 Å². The Labute approximate surface area is 108 Å². The molecule has 5 heteroatoms. The van der Waals surface area contributed by atoms with E-state index < -0.39 is 5.60 Å². The summed E-state index contributed by atoms with van der Waals surface area (Å²) in [6.07, 6.45) is 1.59.